The molecule has 0 amide bonds. The fraction of sp³-hybridized carbons (Fsp3) is 0.0577. The number of hydrogen-bond acceptors (Lipinski definition) is 4. The van der Waals surface area contributed by atoms with E-state index >= 15 is 0 Å². The first-order valence-corrected chi connectivity index (χ1v) is 19.2. The fourth-order valence-electron chi connectivity index (χ4n) is 8.58. The summed E-state index contributed by atoms with van der Waals surface area (Å²) in [4.78, 5) is 15.7. The summed E-state index contributed by atoms with van der Waals surface area (Å²) >= 11 is 0. The monoisotopic (exact) mass is 717 g/mol. The predicted octanol–water partition coefficient (Wildman–Crippen LogP) is 13.6. The summed E-state index contributed by atoms with van der Waals surface area (Å²) in [6.07, 6.45) is 5.59. The van der Waals surface area contributed by atoms with Crippen LogP contribution in [0.4, 0.5) is 0 Å². The lowest BCUT2D eigenvalue weighted by atomic mass is 9.88. The van der Waals surface area contributed by atoms with Crippen molar-refractivity contribution in [3.63, 3.8) is 0 Å². The van der Waals surface area contributed by atoms with Gasteiger partial charge < -0.3 is 4.42 Å². The van der Waals surface area contributed by atoms with Gasteiger partial charge in [0.1, 0.15) is 11.2 Å². The molecule has 0 fully saturated rings. The molecule has 0 N–H and O–H groups in total. The zero-order chi connectivity index (χ0) is 37.2. The fourth-order valence-corrected chi connectivity index (χ4v) is 8.58. The van der Waals surface area contributed by atoms with E-state index < -0.39 is 0 Å². The number of hydrogen-bond donors (Lipinski definition) is 0. The number of para-hydroxylation sites is 1. The lowest BCUT2D eigenvalue weighted by Gasteiger charge is -2.17. The number of rotatable bonds is 5. The van der Waals surface area contributed by atoms with E-state index in [1.165, 1.54) is 27.5 Å². The molecular formula is C52H35N3O. The zero-order valence-electron chi connectivity index (χ0n) is 30.8. The highest BCUT2D eigenvalue weighted by Gasteiger charge is 2.22. The van der Waals surface area contributed by atoms with Crippen molar-refractivity contribution in [1.82, 2.24) is 15.0 Å². The van der Waals surface area contributed by atoms with Crippen LogP contribution in [0.15, 0.2) is 174 Å². The van der Waals surface area contributed by atoms with Crippen LogP contribution in [0.2, 0.25) is 0 Å². The van der Waals surface area contributed by atoms with Crippen LogP contribution in [0.1, 0.15) is 18.1 Å². The second kappa shape index (κ2) is 13.0. The van der Waals surface area contributed by atoms with Crippen LogP contribution in [0, 0.1) is 5.92 Å². The maximum absolute atomic E-state index is 6.79. The minimum atomic E-state index is 0.526. The van der Waals surface area contributed by atoms with Crippen LogP contribution < -0.4 is 0 Å². The van der Waals surface area contributed by atoms with Gasteiger partial charge in [0.15, 0.2) is 17.5 Å². The molecular weight excluding hydrogens is 683 g/mol. The average molecular weight is 718 g/mol. The standard InChI is InChI=1S/C52H35N3O/c1-32-25-26-33-27-28-36(30-37(33)29-32)39-21-11-23-45-48-43(22-12-24-47(48)56-49(39)45)42-19-9-10-20-44(42)51-53-50(34-13-3-2-4-14-34)54-52(55-51)46-31-35-15-5-6-16-38(35)40-17-7-8-18-41(40)46/h2-28,30-32H,29H2,1H3. The molecule has 2 heterocycles. The van der Waals surface area contributed by atoms with Crippen LogP contribution in [0.5, 0.6) is 0 Å². The van der Waals surface area contributed by atoms with Crippen molar-refractivity contribution in [2.24, 2.45) is 5.92 Å². The van der Waals surface area contributed by atoms with Gasteiger partial charge >= 0.3 is 0 Å². The van der Waals surface area contributed by atoms with Crippen molar-refractivity contribution in [2.75, 3.05) is 0 Å². The van der Waals surface area contributed by atoms with Gasteiger partial charge in [-0.3, -0.25) is 0 Å². The molecule has 1 aliphatic rings. The van der Waals surface area contributed by atoms with E-state index in [0.29, 0.717) is 23.4 Å². The molecule has 0 saturated carbocycles. The number of aromatic nitrogens is 3. The molecule has 0 saturated heterocycles. The number of furan rings is 1. The quantitative estimate of drug-likeness (QED) is 0.166. The van der Waals surface area contributed by atoms with Gasteiger partial charge in [-0.2, -0.15) is 0 Å². The summed E-state index contributed by atoms with van der Waals surface area (Å²) in [6.45, 7) is 2.27. The maximum atomic E-state index is 6.79. The van der Waals surface area contributed by atoms with Crippen molar-refractivity contribution in [3.8, 4) is 56.4 Å². The van der Waals surface area contributed by atoms with Gasteiger partial charge in [0.2, 0.25) is 0 Å². The highest BCUT2D eigenvalue weighted by Crippen LogP contribution is 2.44. The number of benzene rings is 8. The molecule has 4 nitrogen and oxygen atoms in total. The third-order valence-corrected chi connectivity index (χ3v) is 11.3. The van der Waals surface area contributed by atoms with Gasteiger partial charge in [-0.1, -0.05) is 171 Å². The Labute approximate surface area is 324 Å². The summed E-state index contributed by atoms with van der Waals surface area (Å²) in [7, 11) is 0. The molecule has 10 aromatic rings. The van der Waals surface area contributed by atoms with Crippen molar-refractivity contribution >= 4 is 49.6 Å². The Morgan fingerprint density at radius 1 is 0.482 bits per heavy atom. The minimum Gasteiger partial charge on any atom is -0.455 e. The second-order valence-electron chi connectivity index (χ2n) is 14.8. The summed E-state index contributed by atoms with van der Waals surface area (Å²) in [5.41, 5.74) is 11.6. The van der Waals surface area contributed by atoms with Crippen molar-refractivity contribution in [1.29, 1.82) is 0 Å². The van der Waals surface area contributed by atoms with E-state index in [4.69, 9.17) is 19.4 Å². The lowest BCUT2D eigenvalue weighted by Crippen LogP contribution is -2.03. The summed E-state index contributed by atoms with van der Waals surface area (Å²) in [5, 5.41) is 6.78. The molecule has 1 aliphatic carbocycles. The molecule has 4 heteroatoms. The van der Waals surface area contributed by atoms with Gasteiger partial charge in [0.25, 0.3) is 0 Å². The lowest BCUT2D eigenvalue weighted by molar-refractivity contribution is 0.670. The first-order valence-electron chi connectivity index (χ1n) is 19.2. The van der Waals surface area contributed by atoms with Crippen molar-refractivity contribution in [2.45, 2.75) is 13.3 Å². The molecule has 0 bridgehead atoms. The van der Waals surface area contributed by atoms with Crippen LogP contribution in [0.25, 0.3) is 106 Å². The Morgan fingerprint density at radius 3 is 2.02 bits per heavy atom. The first kappa shape index (κ1) is 32.3. The third kappa shape index (κ3) is 5.33. The van der Waals surface area contributed by atoms with E-state index in [2.05, 4.69) is 165 Å². The van der Waals surface area contributed by atoms with E-state index in [0.717, 1.165) is 72.5 Å². The molecule has 0 radical (unpaired) electrons. The Morgan fingerprint density at radius 2 is 1.14 bits per heavy atom. The summed E-state index contributed by atoms with van der Waals surface area (Å²) in [5.74, 6) is 2.41. The topological polar surface area (TPSA) is 51.8 Å². The Balaban J connectivity index is 1.12. The molecule has 0 aliphatic heterocycles. The SMILES string of the molecule is CC1C=Cc2ccc(-c3cccc4c3oc3cccc(-c5ccccc5-c5nc(-c6ccccc6)nc(-c6cc7ccccc7c7ccccc67)n5)c34)cc2C1. The molecule has 2 aromatic heterocycles. The Hall–Kier alpha value is -7.17. The van der Waals surface area contributed by atoms with Gasteiger partial charge in [0.05, 0.1) is 0 Å². The van der Waals surface area contributed by atoms with Gasteiger partial charge in [-0.05, 0) is 73.8 Å². The zero-order valence-corrected chi connectivity index (χ0v) is 30.8. The van der Waals surface area contributed by atoms with Crippen molar-refractivity contribution in [3.05, 3.63) is 181 Å². The normalized spacial score (nSPS) is 13.8. The Kier molecular flexibility index (Phi) is 7.49. The molecule has 1 unspecified atom stereocenters. The van der Waals surface area contributed by atoms with Gasteiger partial charge in [0, 0.05) is 33.0 Å². The largest absolute Gasteiger partial charge is 0.455 e. The highest BCUT2D eigenvalue weighted by molar-refractivity contribution is 6.16. The first-order chi connectivity index (χ1) is 27.7. The molecule has 1 atom stereocenters. The second-order valence-corrected chi connectivity index (χ2v) is 14.8. The minimum absolute atomic E-state index is 0.526. The molecule has 0 spiro atoms. The van der Waals surface area contributed by atoms with Crippen LogP contribution >= 0.6 is 0 Å². The molecule has 8 aromatic carbocycles. The van der Waals surface area contributed by atoms with Crippen LogP contribution in [-0.2, 0) is 6.42 Å². The highest BCUT2D eigenvalue weighted by atomic mass is 16.3. The van der Waals surface area contributed by atoms with E-state index in [1.807, 2.05) is 18.2 Å². The molecule has 56 heavy (non-hydrogen) atoms. The smallest absolute Gasteiger partial charge is 0.164 e. The van der Waals surface area contributed by atoms with E-state index in [1.54, 1.807) is 0 Å². The number of nitrogens with zero attached hydrogens (tertiary/aromatic N) is 3. The molecule has 11 rings (SSSR count). The van der Waals surface area contributed by atoms with Gasteiger partial charge in [-0.25, -0.2) is 15.0 Å². The summed E-state index contributed by atoms with van der Waals surface area (Å²) < 4.78 is 6.79. The predicted molar refractivity (Wildman–Crippen MR) is 231 cm³/mol. The van der Waals surface area contributed by atoms with Crippen molar-refractivity contribution < 1.29 is 4.42 Å². The van der Waals surface area contributed by atoms with E-state index in [-0.39, 0.29) is 0 Å². The maximum Gasteiger partial charge on any atom is 0.164 e. The average Bonchev–Trinajstić information content (AvgIpc) is 3.65. The molecule has 264 valence electrons. The van der Waals surface area contributed by atoms with Crippen LogP contribution in [-0.4, -0.2) is 15.0 Å². The third-order valence-electron chi connectivity index (χ3n) is 11.3. The Bertz CT molecular complexity index is 3190. The summed E-state index contributed by atoms with van der Waals surface area (Å²) in [6, 6.07) is 57.5. The van der Waals surface area contributed by atoms with Gasteiger partial charge in [-0.15, -0.1) is 0 Å². The van der Waals surface area contributed by atoms with Crippen LogP contribution in [0.3, 0.4) is 0 Å². The number of allylic oxidation sites excluding steroid dienone is 1. The number of fused-ring (bicyclic) bond motifs is 7. The van der Waals surface area contributed by atoms with E-state index in [9.17, 15) is 0 Å².